The second-order valence-corrected chi connectivity index (χ2v) is 10.9. The highest BCUT2D eigenvalue weighted by Gasteiger charge is 2.32. The molecule has 7 nitrogen and oxygen atoms in total. The standard InChI is InChI=1S/C23H23N7S2/c1-11-12(2)31-22-18(11)19(24)26-20(27-22)13(3)32-23-29-28-21(30(23)14-8-9-14)16-10-25-17-7-5-4-6-15(16)17/h4-7,10,13-14,25H,8-9H2,1-3H3,(H2,24,26,27). The van der Waals surface area contributed by atoms with E-state index < -0.39 is 0 Å². The van der Waals surface area contributed by atoms with Crippen molar-refractivity contribution in [2.24, 2.45) is 0 Å². The van der Waals surface area contributed by atoms with Gasteiger partial charge in [-0.15, -0.1) is 21.5 Å². The quantitative estimate of drug-likeness (QED) is 0.320. The van der Waals surface area contributed by atoms with Crippen LogP contribution >= 0.6 is 23.1 Å². The number of aromatic nitrogens is 6. The molecule has 0 amide bonds. The van der Waals surface area contributed by atoms with Crippen molar-refractivity contribution in [3.63, 3.8) is 0 Å². The first kappa shape index (κ1) is 19.8. The Morgan fingerprint density at radius 3 is 2.81 bits per heavy atom. The van der Waals surface area contributed by atoms with Crippen molar-refractivity contribution in [3.05, 3.63) is 46.7 Å². The number of aryl methyl sites for hydroxylation is 2. The Morgan fingerprint density at radius 1 is 1.19 bits per heavy atom. The number of thioether (sulfide) groups is 1. The topological polar surface area (TPSA) is 98.3 Å². The molecule has 1 saturated carbocycles. The first-order chi connectivity index (χ1) is 15.5. The van der Waals surface area contributed by atoms with Gasteiger partial charge in [0, 0.05) is 33.6 Å². The number of fused-ring (bicyclic) bond motifs is 2. The molecule has 1 unspecified atom stereocenters. The number of thiophene rings is 1. The number of nitrogen functional groups attached to an aromatic ring is 1. The maximum absolute atomic E-state index is 6.32. The number of rotatable bonds is 5. The van der Waals surface area contributed by atoms with Gasteiger partial charge < -0.3 is 10.7 Å². The maximum Gasteiger partial charge on any atom is 0.192 e. The molecule has 32 heavy (non-hydrogen) atoms. The zero-order chi connectivity index (χ0) is 22.0. The summed E-state index contributed by atoms with van der Waals surface area (Å²) in [4.78, 5) is 15.0. The van der Waals surface area contributed by atoms with Crippen LogP contribution in [0, 0.1) is 13.8 Å². The Kier molecular flexibility index (Phi) is 4.51. The number of aromatic amines is 1. The summed E-state index contributed by atoms with van der Waals surface area (Å²) in [5.74, 6) is 2.21. The number of benzene rings is 1. The molecule has 162 valence electrons. The van der Waals surface area contributed by atoms with Crippen molar-refractivity contribution in [2.45, 2.75) is 50.1 Å². The van der Waals surface area contributed by atoms with E-state index in [9.17, 15) is 0 Å². The van der Waals surface area contributed by atoms with Gasteiger partial charge in [-0.2, -0.15) is 0 Å². The van der Waals surface area contributed by atoms with Crippen molar-refractivity contribution in [1.29, 1.82) is 0 Å². The van der Waals surface area contributed by atoms with Gasteiger partial charge in [-0.1, -0.05) is 30.0 Å². The van der Waals surface area contributed by atoms with Crippen LogP contribution in [-0.2, 0) is 0 Å². The van der Waals surface area contributed by atoms with Crippen molar-refractivity contribution in [1.82, 2.24) is 29.7 Å². The first-order valence-electron chi connectivity index (χ1n) is 10.7. The summed E-state index contributed by atoms with van der Waals surface area (Å²) in [5, 5.41) is 12.2. The minimum Gasteiger partial charge on any atom is -0.383 e. The molecule has 1 fully saturated rings. The molecule has 4 heterocycles. The zero-order valence-corrected chi connectivity index (χ0v) is 19.7. The molecule has 1 atom stereocenters. The predicted molar refractivity (Wildman–Crippen MR) is 131 cm³/mol. The number of nitrogens with zero attached hydrogens (tertiary/aromatic N) is 5. The summed E-state index contributed by atoms with van der Waals surface area (Å²) in [5.41, 5.74) is 9.69. The molecular weight excluding hydrogens is 438 g/mol. The monoisotopic (exact) mass is 461 g/mol. The smallest absolute Gasteiger partial charge is 0.192 e. The molecular formula is C23H23N7S2. The number of nitrogens with one attached hydrogen (secondary N) is 1. The van der Waals surface area contributed by atoms with Crippen molar-refractivity contribution in [2.75, 3.05) is 5.73 Å². The van der Waals surface area contributed by atoms with Crippen LogP contribution in [0.1, 0.15) is 47.3 Å². The van der Waals surface area contributed by atoms with Crippen molar-refractivity contribution in [3.8, 4) is 11.4 Å². The van der Waals surface area contributed by atoms with Gasteiger partial charge in [0.15, 0.2) is 11.0 Å². The number of hydrogen-bond acceptors (Lipinski definition) is 7. The van der Waals surface area contributed by atoms with Gasteiger partial charge >= 0.3 is 0 Å². The normalized spacial score (nSPS) is 15.1. The van der Waals surface area contributed by atoms with Crippen molar-refractivity contribution >= 4 is 50.0 Å². The van der Waals surface area contributed by atoms with Gasteiger partial charge in [-0.3, -0.25) is 4.57 Å². The van der Waals surface area contributed by atoms with E-state index in [1.165, 1.54) is 10.4 Å². The fourth-order valence-corrected chi connectivity index (χ4v) is 6.16. The van der Waals surface area contributed by atoms with Gasteiger partial charge in [0.05, 0.1) is 10.6 Å². The summed E-state index contributed by atoms with van der Waals surface area (Å²) < 4.78 is 2.29. The SMILES string of the molecule is Cc1sc2nc(C(C)Sc3nnc(-c4c[nH]c5ccccc45)n3C3CC3)nc(N)c2c1C. The number of H-pyrrole nitrogens is 1. The number of nitrogens with two attached hydrogens (primary N) is 1. The molecule has 0 aliphatic heterocycles. The molecule has 6 rings (SSSR count). The van der Waals surface area contributed by atoms with Crippen LogP contribution in [-0.4, -0.2) is 29.7 Å². The summed E-state index contributed by atoms with van der Waals surface area (Å²) in [6.07, 6.45) is 4.33. The van der Waals surface area contributed by atoms with Crippen LogP contribution in [0.4, 0.5) is 5.82 Å². The van der Waals surface area contributed by atoms with Gasteiger partial charge in [-0.05, 0) is 45.2 Å². The van der Waals surface area contributed by atoms with E-state index in [1.807, 2.05) is 12.3 Å². The molecule has 0 saturated heterocycles. The Bertz CT molecular complexity index is 1470. The molecule has 0 radical (unpaired) electrons. The summed E-state index contributed by atoms with van der Waals surface area (Å²) in [6.45, 7) is 6.29. The average molecular weight is 462 g/mol. The molecule has 1 aromatic carbocycles. The molecule has 3 N–H and O–H groups in total. The number of para-hydroxylation sites is 1. The third-order valence-electron chi connectivity index (χ3n) is 6.13. The van der Waals surface area contributed by atoms with E-state index in [-0.39, 0.29) is 5.25 Å². The molecule has 9 heteroatoms. The second kappa shape index (κ2) is 7.31. The maximum atomic E-state index is 6.32. The second-order valence-electron chi connectivity index (χ2n) is 8.35. The third-order valence-corrected chi connectivity index (χ3v) is 8.28. The van der Waals surface area contributed by atoms with Gasteiger partial charge in [0.2, 0.25) is 0 Å². The zero-order valence-electron chi connectivity index (χ0n) is 18.1. The Labute approximate surface area is 193 Å². The molecule has 5 aromatic rings. The Balaban J connectivity index is 1.38. The van der Waals surface area contributed by atoms with Crippen LogP contribution in [0.3, 0.4) is 0 Å². The molecule has 1 aliphatic carbocycles. The third kappa shape index (κ3) is 3.10. The summed E-state index contributed by atoms with van der Waals surface area (Å²) in [6, 6.07) is 8.75. The van der Waals surface area contributed by atoms with Gasteiger partial charge in [0.1, 0.15) is 16.5 Å². The van der Waals surface area contributed by atoms with E-state index in [0.29, 0.717) is 11.9 Å². The lowest BCUT2D eigenvalue weighted by Gasteiger charge is -2.13. The molecule has 0 bridgehead atoms. The lowest BCUT2D eigenvalue weighted by atomic mass is 10.1. The molecule has 1 aliphatic rings. The van der Waals surface area contributed by atoms with Crippen molar-refractivity contribution < 1.29 is 0 Å². The van der Waals surface area contributed by atoms with Crippen LogP contribution < -0.4 is 5.73 Å². The molecule has 0 spiro atoms. The highest BCUT2D eigenvalue weighted by Crippen LogP contribution is 2.45. The lowest BCUT2D eigenvalue weighted by molar-refractivity contribution is 0.667. The largest absolute Gasteiger partial charge is 0.383 e. The van der Waals surface area contributed by atoms with Crippen LogP contribution in [0.25, 0.3) is 32.5 Å². The van der Waals surface area contributed by atoms with Gasteiger partial charge in [-0.25, -0.2) is 9.97 Å². The average Bonchev–Trinajstić information content (AvgIpc) is 3.28. The van der Waals surface area contributed by atoms with E-state index >= 15 is 0 Å². The Morgan fingerprint density at radius 2 is 2.00 bits per heavy atom. The highest BCUT2D eigenvalue weighted by molar-refractivity contribution is 7.99. The summed E-state index contributed by atoms with van der Waals surface area (Å²) in [7, 11) is 0. The number of anilines is 1. The fraction of sp³-hybridized carbons (Fsp3) is 0.304. The minimum absolute atomic E-state index is 0.00179. The lowest BCUT2D eigenvalue weighted by Crippen LogP contribution is -2.04. The van der Waals surface area contributed by atoms with Crippen LogP contribution in [0.2, 0.25) is 0 Å². The first-order valence-corrected chi connectivity index (χ1v) is 12.4. The predicted octanol–water partition coefficient (Wildman–Crippen LogP) is 5.82. The number of hydrogen-bond donors (Lipinski definition) is 2. The van der Waals surface area contributed by atoms with Gasteiger partial charge in [0.25, 0.3) is 0 Å². The van der Waals surface area contributed by atoms with E-state index in [2.05, 4.69) is 63.7 Å². The highest BCUT2D eigenvalue weighted by atomic mass is 32.2. The Hall–Kier alpha value is -2.91. The van der Waals surface area contributed by atoms with E-state index in [4.69, 9.17) is 10.7 Å². The van der Waals surface area contributed by atoms with Crippen LogP contribution in [0.15, 0.2) is 35.6 Å². The molecule has 4 aromatic heterocycles. The fourth-order valence-electron chi connectivity index (χ4n) is 4.15. The van der Waals surface area contributed by atoms with Crippen LogP contribution in [0.5, 0.6) is 0 Å². The minimum atomic E-state index is 0.00179. The van der Waals surface area contributed by atoms with E-state index in [1.54, 1.807) is 23.1 Å². The summed E-state index contributed by atoms with van der Waals surface area (Å²) >= 11 is 3.32. The van der Waals surface area contributed by atoms with E-state index in [0.717, 1.165) is 56.3 Å².